The van der Waals surface area contributed by atoms with E-state index in [2.05, 4.69) is 61.6 Å². The average molecular weight is 865 g/mol. The second kappa shape index (κ2) is 17.5. The van der Waals surface area contributed by atoms with Gasteiger partial charge in [0.1, 0.15) is 11.5 Å². The van der Waals surface area contributed by atoms with Crippen molar-refractivity contribution >= 4 is 45.1 Å². The number of rotatable bonds is 16. The Bertz CT molecular complexity index is 2720. The maximum atomic E-state index is 12.3. The zero-order valence-corrected chi connectivity index (χ0v) is 37.1. The minimum Gasteiger partial charge on any atom is -0.496 e. The number of hydrogen-bond donors (Lipinski definition) is 6. The van der Waals surface area contributed by atoms with E-state index in [-0.39, 0.29) is 23.7 Å². The second-order valence-corrected chi connectivity index (χ2v) is 18.7. The maximum absolute atomic E-state index is 12.3. The van der Waals surface area contributed by atoms with Crippen LogP contribution in [0, 0.1) is 12.8 Å². The van der Waals surface area contributed by atoms with Gasteiger partial charge in [-0.25, -0.2) is 9.59 Å². The van der Waals surface area contributed by atoms with Crippen LogP contribution >= 0.6 is 0 Å². The number of anilines is 2. The zero-order valence-electron chi connectivity index (χ0n) is 37.1. The number of fused-ring (bicyclic) bond motifs is 2. The fraction of sp³-hybridized carbons (Fsp3) is 0.423. The van der Waals surface area contributed by atoms with Crippen LogP contribution in [0.15, 0.2) is 73.1 Å². The molecule has 0 radical (unpaired) electrons. The number of carboxylic acid groups (broad SMARTS) is 2. The third-order valence-corrected chi connectivity index (χ3v) is 14.5. The predicted octanol–water partition coefficient (Wildman–Crippen LogP) is 10.4. The van der Waals surface area contributed by atoms with Crippen molar-refractivity contribution in [2.75, 3.05) is 37.9 Å². The molecule has 4 aromatic carbocycles. The highest BCUT2D eigenvalue weighted by atomic mass is 16.5. The van der Waals surface area contributed by atoms with Crippen molar-refractivity contribution in [1.29, 1.82) is 0 Å². The fourth-order valence-corrected chi connectivity index (χ4v) is 10.9. The number of aromatic amines is 2. The Kier molecular flexibility index (Phi) is 11.5. The Morgan fingerprint density at radius 1 is 0.688 bits per heavy atom. The lowest BCUT2D eigenvalue weighted by Gasteiger charge is -2.37. The number of aromatic carboxylic acids is 2. The molecule has 6 N–H and O–H groups in total. The van der Waals surface area contributed by atoms with Crippen molar-refractivity contribution in [2.45, 2.75) is 108 Å². The summed E-state index contributed by atoms with van der Waals surface area (Å²) in [6.07, 6.45) is 14.5. The van der Waals surface area contributed by atoms with E-state index in [9.17, 15) is 19.8 Å². The van der Waals surface area contributed by atoms with Crippen molar-refractivity contribution in [3.63, 3.8) is 0 Å². The molecule has 6 aromatic rings. The summed E-state index contributed by atoms with van der Waals surface area (Å²) >= 11 is 0. The monoisotopic (exact) mass is 864 g/mol. The van der Waals surface area contributed by atoms with Crippen molar-refractivity contribution in [3.05, 3.63) is 118 Å². The second-order valence-electron chi connectivity index (χ2n) is 18.7. The average Bonchev–Trinajstić information content (AvgIpc) is 4.13. The van der Waals surface area contributed by atoms with Gasteiger partial charge in [-0.15, -0.1) is 0 Å². The summed E-state index contributed by atoms with van der Waals surface area (Å²) in [7, 11) is 3.51. The van der Waals surface area contributed by atoms with E-state index in [1.54, 1.807) is 26.4 Å². The van der Waals surface area contributed by atoms with Crippen LogP contribution in [-0.2, 0) is 19.5 Å². The summed E-state index contributed by atoms with van der Waals surface area (Å²) < 4.78 is 12.2. The van der Waals surface area contributed by atoms with Gasteiger partial charge in [0.25, 0.3) is 0 Å². The lowest BCUT2D eigenvalue weighted by atomic mass is 9.91. The van der Waals surface area contributed by atoms with Crippen LogP contribution in [0.5, 0.6) is 11.5 Å². The lowest BCUT2D eigenvalue weighted by molar-refractivity contribution is 0.0686. The number of hydrogen-bond acceptors (Lipinski definition) is 8. The molecule has 10 rings (SSSR count). The number of aromatic nitrogens is 2. The molecule has 0 spiro atoms. The number of carboxylic acids is 2. The molecule has 0 bridgehead atoms. The summed E-state index contributed by atoms with van der Waals surface area (Å²) in [6.45, 7) is 5.45. The van der Waals surface area contributed by atoms with Crippen LogP contribution in [0.2, 0.25) is 0 Å². The van der Waals surface area contributed by atoms with Crippen LogP contribution in [-0.4, -0.2) is 81.3 Å². The molecule has 334 valence electrons. The number of nitrogens with one attached hydrogen (secondary N) is 4. The van der Waals surface area contributed by atoms with Crippen LogP contribution in [0.25, 0.3) is 21.8 Å². The molecule has 64 heavy (non-hydrogen) atoms. The van der Waals surface area contributed by atoms with Gasteiger partial charge in [0, 0.05) is 94.0 Å². The summed E-state index contributed by atoms with van der Waals surface area (Å²) in [6, 6.07) is 20.8. The highest BCUT2D eigenvalue weighted by molar-refractivity contribution is 5.91. The van der Waals surface area contributed by atoms with Gasteiger partial charge in [0.05, 0.1) is 25.3 Å². The van der Waals surface area contributed by atoms with Crippen molar-refractivity contribution in [1.82, 2.24) is 19.8 Å². The minimum atomic E-state index is -0.926. The van der Waals surface area contributed by atoms with E-state index >= 15 is 0 Å². The van der Waals surface area contributed by atoms with E-state index in [0.717, 1.165) is 140 Å². The summed E-state index contributed by atoms with van der Waals surface area (Å²) in [5, 5.41) is 29.8. The number of carbonyl (C=O) groups is 2. The van der Waals surface area contributed by atoms with Crippen molar-refractivity contribution < 1.29 is 29.3 Å². The van der Waals surface area contributed by atoms with Crippen LogP contribution in [0.1, 0.15) is 124 Å². The number of H-pyrrole nitrogens is 2. The zero-order chi connectivity index (χ0) is 44.1. The van der Waals surface area contributed by atoms with Crippen LogP contribution < -0.4 is 20.1 Å². The first kappa shape index (κ1) is 42.0. The quantitative estimate of drug-likeness (QED) is 0.0554. The molecule has 4 aliphatic rings. The first-order valence-corrected chi connectivity index (χ1v) is 23.2. The van der Waals surface area contributed by atoms with Gasteiger partial charge < -0.3 is 40.3 Å². The smallest absolute Gasteiger partial charge is 0.335 e. The number of nitrogens with zero attached hydrogens (tertiary/aromatic N) is 2. The molecular weight excluding hydrogens is 805 g/mol. The van der Waals surface area contributed by atoms with Gasteiger partial charge in [-0.1, -0.05) is 25.0 Å². The number of benzene rings is 4. The molecule has 12 heteroatoms. The Hall–Kier alpha value is -5.98. The van der Waals surface area contributed by atoms with Gasteiger partial charge in [-0.2, -0.15) is 0 Å². The van der Waals surface area contributed by atoms with E-state index < -0.39 is 11.9 Å². The summed E-state index contributed by atoms with van der Waals surface area (Å²) in [5.41, 5.74) is 11.7. The predicted molar refractivity (Wildman–Crippen MR) is 251 cm³/mol. The SMILES string of the molecule is COc1cc(C)c2[nH]ccc2c1CN1CCCC[C@@H]1c1ccc(C(=O)O)cc1NC1CC1Cc1cc(OC)c(CN2CCCC[C@H]2c2ccc(C(=O)O)cc2NC2CC2)c2cc[nH]c12. The van der Waals surface area contributed by atoms with E-state index in [0.29, 0.717) is 24.1 Å². The highest BCUT2D eigenvalue weighted by Gasteiger charge is 2.39. The molecule has 2 aliphatic carbocycles. The molecular formula is C52H60N6O6. The van der Waals surface area contributed by atoms with Crippen LogP contribution in [0.4, 0.5) is 11.4 Å². The number of likely N-dealkylation sites (tertiary alicyclic amines) is 2. The van der Waals surface area contributed by atoms with Gasteiger partial charge in [0.15, 0.2) is 0 Å². The van der Waals surface area contributed by atoms with E-state index in [1.165, 1.54) is 22.1 Å². The molecule has 4 heterocycles. The minimum absolute atomic E-state index is 0.122. The highest BCUT2D eigenvalue weighted by Crippen LogP contribution is 2.45. The first-order valence-electron chi connectivity index (χ1n) is 23.2. The Morgan fingerprint density at radius 2 is 1.23 bits per heavy atom. The van der Waals surface area contributed by atoms with Crippen LogP contribution in [0.3, 0.4) is 0 Å². The topological polar surface area (TPSA) is 155 Å². The normalized spacial score (nSPS) is 21.5. The van der Waals surface area contributed by atoms with Crippen molar-refractivity contribution in [3.8, 4) is 11.5 Å². The Morgan fingerprint density at radius 3 is 1.80 bits per heavy atom. The van der Waals surface area contributed by atoms with E-state index in [4.69, 9.17) is 9.47 Å². The van der Waals surface area contributed by atoms with E-state index in [1.807, 2.05) is 36.7 Å². The van der Waals surface area contributed by atoms with Crippen molar-refractivity contribution in [2.24, 2.45) is 5.92 Å². The molecule has 4 atom stereocenters. The van der Waals surface area contributed by atoms with Gasteiger partial charge >= 0.3 is 11.9 Å². The third kappa shape index (κ3) is 8.29. The van der Waals surface area contributed by atoms with Gasteiger partial charge in [0.2, 0.25) is 0 Å². The Labute approximate surface area is 374 Å². The molecule has 2 unspecified atom stereocenters. The standard InChI is InChI=1S/C52H60N6O6/c1-30-22-47(63-2)40(36-16-18-53-49(30)36)28-57-20-7-5-9-46(57)39-15-11-32(52(61)62)25-44(39)56-42-26-33(42)23-34-27-48(64-3)41(37-17-19-54-50(34)37)29-58-21-6-4-8-45(58)38-14-10-31(51(59)60)24-43(38)55-35-12-13-35/h10-11,14-19,22,24-25,27,33,35,42,45-46,53-56H,4-9,12-13,20-21,23,26,28-29H2,1-3H3,(H,59,60)(H,61,62)/t33?,42?,45-,46+/m0/s1. The fourth-order valence-electron chi connectivity index (χ4n) is 10.9. The van der Waals surface area contributed by atoms with Gasteiger partial charge in [-0.3, -0.25) is 9.80 Å². The number of piperidine rings is 2. The molecule has 2 saturated carbocycles. The molecule has 0 amide bonds. The first-order chi connectivity index (χ1) is 31.2. The largest absolute Gasteiger partial charge is 0.496 e. The number of ether oxygens (including phenoxy) is 2. The molecule has 4 fully saturated rings. The lowest BCUT2D eigenvalue weighted by Crippen LogP contribution is -2.33. The third-order valence-electron chi connectivity index (χ3n) is 14.5. The molecule has 2 aromatic heterocycles. The summed E-state index contributed by atoms with van der Waals surface area (Å²) in [5.74, 6) is 0.306. The van der Waals surface area contributed by atoms with Gasteiger partial charge in [-0.05, 0) is 148 Å². The number of methoxy groups -OCH3 is 2. The molecule has 12 nitrogen and oxygen atoms in total. The molecule has 2 saturated heterocycles. The summed E-state index contributed by atoms with van der Waals surface area (Å²) in [4.78, 5) is 36.4. The maximum Gasteiger partial charge on any atom is 0.335 e. The molecule has 2 aliphatic heterocycles. The number of aryl methyl sites for hydroxylation is 1. The Balaban J connectivity index is 0.891.